The first-order chi connectivity index (χ1) is 8.58. The van der Waals surface area contributed by atoms with Crippen LogP contribution in [-0.4, -0.2) is 64.9 Å². The van der Waals surface area contributed by atoms with Crippen LogP contribution in [0.15, 0.2) is 0 Å². The number of carboxylic acids is 1. The average molecular weight is 257 g/mol. The van der Waals surface area contributed by atoms with Crippen LogP contribution in [0.1, 0.15) is 19.3 Å². The first-order valence-corrected chi connectivity index (χ1v) is 6.26. The molecule has 0 spiro atoms. The van der Waals surface area contributed by atoms with Crippen molar-refractivity contribution in [3.8, 4) is 0 Å². The van der Waals surface area contributed by atoms with E-state index >= 15 is 0 Å². The molecule has 2 aliphatic heterocycles. The van der Waals surface area contributed by atoms with Gasteiger partial charge >= 0.3 is 12.0 Å². The lowest BCUT2D eigenvalue weighted by Gasteiger charge is -2.28. The van der Waals surface area contributed by atoms with Gasteiger partial charge in [-0.25, -0.2) is 9.59 Å². The Morgan fingerprint density at radius 1 is 1.28 bits per heavy atom. The van der Waals surface area contributed by atoms with Crippen molar-refractivity contribution in [3.05, 3.63) is 0 Å². The summed E-state index contributed by atoms with van der Waals surface area (Å²) in [7, 11) is 0. The fraction of sp³-hybridized carbons (Fsp3) is 0.818. The van der Waals surface area contributed by atoms with E-state index in [2.05, 4.69) is 10.6 Å². The Labute approximate surface area is 105 Å². The zero-order valence-electron chi connectivity index (χ0n) is 10.1. The number of nitrogens with one attached hydrogen (secondary N) is 2. The quantitative estimate of drug-likeness (QED) is 0.506. The zero-order chi connectivity index (χ0) is 13.1. The number of amides is 2. The Morgan fingerprint density at radius 3 is 2.56 bits per heavy atom. The maximum Gasteiger partial charge on any atom is 0.326 e. The minimum absolute atomic E-state index is 0.0888. The van der Waals surface area contributed by atoms with E-state index in [0.717, 1.165) is 25.9 Å². The molecule has 2 rings (SSSR count). The molecule has 18 heavy (non-hydrogen) atoms. The molecule has 0 radical (unpaired) electrons. The van der Waals surface area contributed by atoms with Gasteiger partial charge in [-0.15, -0.1) is 0 Å². The maximum atomic E-state index is 12.0. The molecule has 2 saturated heterocycles. The fourth-order valence-electron chi connectivity index (χ4n) is 2.50. The summed E-state index contributed by atoms with van der Waals surface area (Å²) in [6.07, 6.45) is 1.05. The number of hydrogen-bond acceptors (Lipinski definition) is 4. The number of aliphatic hydroxyl groups excluding tert-OH is 1. The maximum absolute atomic E-state index is 12.0. The second-order valence-electron chi connectivity index (χ2n) is 4.87. The molecule has 7 heteroatoms. The van der Waals surface area contributed by atoms with Crippen LogP contribution in [0.5, 0.6) is 0 Å². The van der Waals surface area contributed by atoms with Gasteiger partial charge in [-0.3, -0.25) is 0 Å². The van der Waals surface area contributed by atoms with Crippen molar-refractivity contribution in [2.24, 2.45) is 0 Å². The minimum Gasteiger partial charge on any atom is -0.480 e. The molecule has 0 saturated carbocycles. The minimum atomic E-state index is -1.06. The summed E-state index contributed by atoms with van der Waals surface area (Å²) in [5.41, 5.74) is 0. The van der Waals surface area contributed by atoms with Crippen molar-refractivity contribution >= 4 is 12.0 Å². The van der Waals surface area contributed by atoms with Gasteiger partial charge in [-0.1, -0.05) is 0 Å². The Bertz CT molecular complexity index is 330. The van der Waals surface area contributed by atoms with E-state index in [9.17, 15) is 14.7 Å². The van der Waals surface area contributed by atoms with E-state index in [1.54, 1.807) is 0 Å². The second kappa shape index (κ2) is 5.53. The Morgan fingerprint density at radius 2 is 1.94 bits per heavy atom. The lowest BCUT2D eigenvalue weighted by Crippen LogP contribution is -2.51. The van der Waals surface area contributed by atoms with Crippen LogP contribution < -0.4 is 10.6 Å². The fourth-order valence-corrected chi connectivity index (χ4v) is 2.50. The summed E-state index contributed by atoms with van der Waals surface area (Å²) in [6.45, 7) is 1.81. The molecule has 0 aromatic heterocycles. The van der Waals surface area contributed by atoms with Crippen molar-refractivity contribution in [3.63, 3.8) is 0 Å². The summed E-state index contributed by atoms with van der Waals surface area (Å²) in [5.74, 6) is -1.06. The Kier molecular flexibility index (Phi) is 4.03. The Hall–Kier alpha value is -1.34. The number of likely N-dealkylation sites (tertiary alicyclic amines) is 1. The highest BCUT2D eigenvalue weighted by Crippen LogP contribution is 2.18. The highest BCUT2D eigenvalue weighted by atomic mass is 16.4. The normalized spacial score (nSPS) is 29.3. The zero-order valence-corrected chi connectivity index (χ0v) is 10.1. The number of nitrogens with zero attached hydrogens (tertiary/aromatic N) is 1. The van der Waals surface area contributed by atoms with Crippen molar-refractivity contribution in [1.29, 1.82) is 0 Å². The van der Waals surface area contributed by atoms with E-state index < -0.39 is 18.1 Å². The van der Waals surface area contributed by atoms with Gasteiger partial charge in [0.15, 0.2) is 0 Å². The topological polar surface area (TPSA) is 102 Å². The lowest BCUT2D eigenvalue weighted by atomic mass is 10.1. The van der Waals surface area contributed by atoms with Gasteiger partial charge in [0.05, 0.1) is 6.10 Å². The third-order valence-corrected chi connectivity index (χ3v) is 3.49. The molecular formula is C11H19N3O4. The van der Waals surface area contributed by atoms with Crippen LogP contribution in [0, 0.1) is 0 Å². The number of carbonyl (C=O) groups excluding carboxylic acids is 1. The molecule has 2 aliphatic rings. The van der Waals surface area contributed by atoms with Crippen LogP contribution in [0.25, 0.3) is 0 Å². The van der Waals surface area contributed by atoms with Crippen LogP contribution >= 0.6 is 0 Å². The smallest absolute Gasteiger partial charge is 0.326 e. The van der Waals surface area contributed by atoms with Crippen molar-refractivity contribution in [1.82, 2.24) is 15.5 Å². The number of urea groups is 1. The van der Waals surface area contributed by atoms with Crippen LogP contribution in [0.4, 0.5) is 4.79 Å². The number of carbonyl (C=O) groups is 2. The SMILES string of the molecule is O=C(O)[C@@H]1CC(O)CN1C(=O)NC1CCNCC1. The largest absolute Gasteiger partial charge is 0.480 e. The van der Waals surface area contributed by atoms with E-state index in [1.165, 1.54) is 4.90 Å². The van der Waals surface area contributed by atoms with Crippen molar-refractivity contribution < 1.29 is 19.8 Å². The molecule has 2 heterocycles. The lowest BCUT2D eigenvalue weighted by molar-refractivity contribution is -0.141. The molecule has 2 amide bonds. The Balaban J connectivity index is 1.92. The van der Waals surface area contributed by atoms with Gasteiger partial charge < -0.3 is 25.7 Å². The van der Waals surface area contributed by atoms with Gasteiger partial charge in [-0.05, 0) is 25.9 Å². The van der Waals surface area contributed by atoms with Crippen molar-refractivity contribution in [2.45, 2.75) is 37.5 Å². The number of piperidine rings is 1. The van der Waals surface area contributed by atoms with E-state index in [4.69, 9.17) is 5.11 Å². The first kappa shape index (κ1) is 13.1. The highest BCUT2D eigenvalue weighted by molar-refractivity contribution is 5.83. The van der Waals surface area contributed by atoms with E-state index in [-0.39, 0.29) is 25.0 Å². The average Bonchev–Trinajstić information content (AvgIpc) is 2.73. The second-order valence-corrected chi connectivity index (χ2v) is 4.87. The predicted molar refractivity (Wildman–Crippen MR) is 63.2 cm³/mol. The summed E-state index contributed by atoms with van der Waals surface area (Å²) in [6, 6.07) is -1.21. The van der Waals surface area contributed by atoms with Gasteiger partial charge in [0.2, 0.25) is 0 Å². The third-order valence-electron chi connectivity index (χ3n) is 3.49. The molecule has 2 atom stereocenters. The van der Waals surface area contributed by atoms with E-state index in [1.807, 2.05) is 0 Å². The predicted octanol–water partition coefficient (Wildman–Crippen LogP) is -1.03. The standard InChI is InChI=1S/C11H19N3O4/c15-8-5-9(10(16)17)14(6-8)11(18)13-7-1-3-12-4-2-7/h7-9,12,15H,1-6H2,(H,13,18)(H,16,17)/t8?,9-/m0/s1. The number of β-amino-alcohol motifs (C(OH)–C–C–N with tert-alkyl or cyclic N) is 1. The van der Waals surface area contributed by atoms with Gasteiger partial charge in [0.25, 0.3) is 0 Å². The molecule has 0 bridgehead atoms. The molecule has 7 nitrogen and oxygen atoms in total. The van der Waals surface area contributed by atoms with Crippen LogP contribution in [0.3, 0.4) is 0 Å². The number of rotatable bonds is 2. The monoisotopic (exact) mass is 257 g/mol. The molecule has 4 N–H and O–H groups in total. The number of carboxylic acid groups (broad SMARTS) is 1. The molecule has 1 unspecified atom stereocenters. The number of aliphatic hydroxyl groups is 1. The summed E-state index contributed by atoms with van der Waals surface area (Å²) < 4.78 is 0. The van der Waals surface area contributed by atoms with Crippen molar-refractivity contribution in [2.75, 3.05) is 19.6 Å². The van der Waals surface area contributed by atoms with Gasteiger partial charge in [0.1, 0.15) is 6.04 Å². The molecule has 2 fully saturated rings. The molecule has 0 aliphatic carbocycles. The van der Waals surface area contributed by atoms with Gasteiger partial charge in [0, 0.05) is 19.0 Å². The molecule has 0 aromatic carbocycles. The number of hydrogen-bond donors (Lipinski definition) is 4. The molecule has 102 valence electrons. The summed E-state index contributed by atoms with van der Waals surface area (Å²) >= 11 is 0. The molecular weight excluding hydrogens is 238 g/mol. The molecule has 0 aromatic rings. The van der Waals surface area contributed by atoms with E-state index in [0.29, 0.717) is 0 Å². The summed E-state index contributed by atoms with van der Waals surface area (Å²) in [5, 5.41) is 24.5. The first-order valence-electron chi connectivity index (χ1n) is 6.26. The van der Waals surface area contributed by atoms with Crippen LogP contribution in [0.2, 0.25) is 0 Å². The van der Waals surface area contributed by atoms with Gasteiger partial charge in [-0.2, -0.15) is 0 Å². The van der Waals surface area contributed by atoms with Crippen LogP contribution in [-0.2, 0) is 4.79 Å². The number of aliphatic carboxylic acids is 1. The summed E-state index contributed by atoms with van der Waals surface area (Å²) in [4.78, 5) is 24.2. The highest BCUT2D eigenvalue weighted by Gasteiger charge is 2.39. The third kappa shape index (κ3) is 2.91.